The van der Waals surface area contributed by atoms with Crippen molar-refractivity contribution in [1.29, 1.82) is 0 Å². The van der Waals surface area contributed by atoms with Crippen LogP contribution in [0.15, 0.2) is 0 Å². The number of rotatable bonds is 5. The minimum atomic E-state index is 0.462. The van der Waals surface area contributed by atoms with E-state index in [1.54, 1.807) is 0 Å². The minimum Gasteiger partial charge on any atom is -0.328 e. The summed E-state index contributed by atoms with van der Waals surface area (Å²) >= 11 is 0. The fraction of sp³-hybridized carbons (Fsp3) is 1.00. The third-order valence-electron chi connectivity index (χ3n) is 3.69. The highest BCUT2D eigenvalue weighted by molar-refractivity contribution is 4.90. The molecule has 3 heteroatoms. The van der Waals surface area contributed by atoms with Crippen molar-refractivity contribution < 1.29 is 0 Å². The maximum atomic E-state index is 5.74. The summed E-state index contributed by atoms with van der Waals surface area (Å²) in [6, 6.07) is 2.69. The Kier molecular flexibility index (Phi) is 3.10. The molecule has 2 saturated carbocycles. The van der Waals surface area contributed by atoms with E-state index < -0.39 is 0 Å². The molecule has 0 amide bonds. The smallest absolute Gasteiger partial charge is 0.0192 e. The standard InChI is InChI=1S/C11H23N3/c1-8(14(2)11-3-4-11)7-13-10-5-9(12)6-10/h8-11,13H,3-7,12H2,1-2H3. The third-order valence-corrected chi connectivity index (χ3v) is 3.69. The number of hydrogen-bond acceptors (Lipinski definition) is 3. The Labute approximate surface area is 87.0 Å². The molecule has 0 aromatic rings. The fourth-order valence-electron chi connectivity index (χ4n) is 2.15. The van der Waals surface area contributed by atoms with Crippen LogP contribution in [0.2, 0.25) is 0 Å². The van der Waals surface area contributed by atoms with Gasteiger partial charge in [-0.25, -0.2) is 0 Å². The summed E-state index contributed by atoms with van der Waals surface area (Å²) in [7, 11) is 2.25. The Bertz CT molecular complexity index is 185. The van der Waals surface area contributed by atoms with E-state index in [0.29, 0.717) is 18.1 Å². The van der Waals surface area contributed by atoms with Gasteiger partial charge in [-0.05, 0) is 39.7 Å². The zero-order valence-corrected chi connectivity index (χ0v) is 9.37. The fourth-order valence-corrected chi connectivity index (χ4v) is 2.15. The first-order valence-corrected chi connectivity index (χ1v) is 5.87. The molecule has 0 heterocycles. The molecule has 0 aliphatic heterocycles. The molecular weight excluding hydrogens is 174 g/mol. The van der Waals surface area contributed by atoms with Crippen LogP contribution in [0.1, 0.15) is 32.6 Å². The number of hydrogen-bond donors (Lipinski definition) is 2. The molecule has 3 nitrogen and oxygen atoms in total. The molecule has 0 bridgehead atoms. The van der Waals surface area contributed by atoms with Gasteiger partial charge < -0.3 is 11.1 Å². The Morgan fingerprint density at radius 3 is 2.57 bits per heavy atom. The van der Waals surface area contributed by atoms with Crippen LogP contribution in [-0.2, 0) is 0 Å². The van der Waals surface area contributed by atoms with Crippen molar-refractivity contribution in [2.24, 2.45) is 5.73 Å². The van der Waals surface area contributed by atoms with Gasteiger partial charge in [0.25, 0.3) is 0 Å². The molecule has 1 atom stereocenters. The quantitative estimate of drug-likeness (QED) is 0.676. The number of nitrogens with one attached hydrogen (secondary N) is 1. The summed E-state index contributed by atoms with van der Waals surface area (Å²) in [5, 5.41) is 3.59. The normalized spacial score (nSPS) is 34.3. The first kappa shape index (κ1) is 10.4. The zero-order valence-electron chi connectivity index (χ0n) is 9.37. The van der Waals surface area contributed by atoms with E-state index in [1.807, 2.05) is 0 Å². The predicted octanol–water partition coefficient (Wildman–Crippen LogP) is 0.548. The lowest BCUT2D eigenvalue weighted by Crippen LogP contribution is -2.51. The monoisotopic (exact) mass is 197 g/mol. The summed E-state index contributed by atoms with van der Waals surface area (Å²) in [5.41, 5.74) is 5.74. The van der Waals surface area contributed by atoms with Gasteiger partial charge in [-0.2, -0.15) is 0 Å². The van der Waals surface area contributed by atoms with Crippen molar-refractivity contribution in [2.45, 2.75) is 56.8 Å². The van der Waals surface area contributed by atoms with E-state index in [1.165, 1.54) is 25.7 Å². The molecule has 0 saturated heterocycles. The lowest BCUT2D eigenvalue weighted by molar-refractivity contribution is 0.213. The predicted molar refractivity (Wildman–Crippen MR) is 59.2 cm³/mol. The highest BCUT2D eigenvalue weighted by Gasteiger charge is 2.30. The molecule has 0 aromatic heterocycles. The Morgan fingerprint density at radius 1 is 1.43 bits per heavy atom. The summed E-state index contributed by atoms with van der Waals surface area (Å²) in [5.74, 6) is 0. The molecule has 1 unspecified atom stereocenters. The van der Waals surface area contributed by atoms with Crippen molar-refractivity contribution in [3.05, 3.63) is 0 Å². The van der Waals surface area contributed by atoms with Crippen molar-refractivity contribution in [3.8, 4) is 0 Å². The maximum absolute atomic E-state index is 5.74. The van der Waals surface area contributed by atoms with Gasteiger partial charge >= 0.3 is 0 Å². The second-order valence-corrected chi connectivity index (χ2v) is 5.08. The van der Waals surface area contributed by atoms with Crippen molar-refractivity contribution in [2.75, 3.05) is 13.6 Å². The average molecular weight is 197 g/mol. The molecule has 0 spiro atoms. The summed E-state index contributed by atoms with van der Waals surface area (Å²) in [6.45, 7) is 3.42. The van der Waals surface area contributed by atoms with E-state index >= 15 is 0 Å². The Morgan fingerprint density at radius 2 is 2.07 bits per heavy atom. The largest absolute Gasteiger partial charge is 0.328 e. The Balaban J connectivity index is 1.59. The van der Waals surface area contributed by atoms with Crippen molar-refractivity contribution in [3.63, 3.8) is 0 Å². The van der Waals surface area contributed by atoms with Crippen LogP contribution in [0, 0.1) is 0 Å². The van der Waals surface area contributed by atoms with Gasteiger partial charge in [0.15, 0.2) is 0 Å². The van der Waals surface area contributed by atoms with Crippen LogP contribution >= 0.6 is 0 Å². The lowest BCUT2D eigenvalue weighted by Gasteiger charge is -2.35. The van der Waals surface area contributed by atoms with Gasteiger partial charge in [-0.15, -0.1) is 0 Å². The first-order valence-electron chi connectivity index (χ1n) is 5.87. The van der Waals surface area contributed by atoms with Crippen LogP contribution < -0.4 is 11.1 Å². The van der Waals surface area contributed by atoms with Crippen LogP contribution in [0.3, 0.4) is 0 Å². The second-order valence-electron chi connectivity index (χ2n) is 5.08. The maximum Gasteiger partial charge on any atom is 0.0192 e. The van der Waals surface area contributed by atoms with Gasteiger partial charge in [0.1, 0.15) is 0 Å². The van der Waals surface area contributed by atoms with Gasteiger partial charge in [-0.1, -0.05) is 0 Å². The molecule has 2 fully saturated rings. The van der Waals surface area contributed by atoms with Crippen LogP contribution in [0.4, 0.5) is 0 Å². The first-order chi connectivity index (χ1) is 6.66. The minimum absolute atomic E-state index is 0.462. The summed E-state index contributed by atoms with van der Waals surface area (Å²) in [4.78, 5) is 2.51. The Hall–Kier alpha value is -0.120. The molecule has 82 valence electrons. The number of likely N-dealkylation sites (N-methyl/N-ethyl adjacent to an activating group) is 1. The van der Waals surface area contributed by atoms with Crippen LogP contribution in [-0.4, -0.2) is 42.7 Å². The third kappa shape index (κ3) is 2.47. The molecule has 3 N–H and O–H groups in total. The van der Waals surface area contributed by atoms with E-state index in [-0.39, 0.29) is 0 Å². The molecule has 2 rings (SSSR count). The van der Waals surface area contributed by atoms with Crippen molar-refractivity contribution in [1.82, 2.24) is 10.2 Å². The van der Waals surface area contributed by atoms with E-state index in [4.69, 9.17) is 5.73 Å². The average Bonchev–Trinajstić information content (AvgIpc) is 2.91. The molecule has 2 aliphatic rings. The van der Waals surface area contributed by atoms with E-state index in [2.05, 4.69) is 24.2 Å². The van der Waals surface area contributed by atoms with Crippen LogP contribution in [0.25, 0.3) is 0 Å². The zero-order chi connectivity index (χ0) is 10.1. The van der Waals surface area contributed by atoms with Gasteiger partial charge in [0.2, 0.25) is 0 Å². The molecule has 0 aromatic carbocycles. The van der Waals surface area contributed by atoms with Crippen molar-refractivity contribution >= 4 is 0 Å². The SMILES string of the molecule is CC(CNC1CC(N)C1)N(C)C1CC1. The molecular formula is C11H23N3. The van der Waals surface area contributed by atoms with Gasteiger partial charge in [-0.3, -0.25) is 4.90 Å². The number of nitrogens with two attached hydrogens (primary N) is 1. The van der Waals surface area contributed by atoms with Gasteiger partial charge in [0, 0.05) is 30.7 Å². The molecule has 0 radical (unpaired) electrons. The highest BCUT2D eigenvalue weighted by Crippen LogP contribution is 2.27. The molecule has 2 aliphatic carbocycles. The summed E-state index contributed by atoms with van der Waals surface area (Å²) in [6.07, 6.45) is 5.13. The van der Waals surface area contributed by atoms with Gasteiger partial charge in [0.05, 0.1) is 0 Å². The number of nitrogens with zero attached hydrogens (tertiary/aromatic N) is 1. The second kappa shape index (κ2) is 4.17. The van der Waals surface area contributed by atoms with Crippen LogP contribution in [0.5, 0.6) is 0 Å². The highest BCUT2D eigenvalue weighted by atomic mass is 15.2. The lowest BCUT2D eigenvalue weighted by atomic mass is 9.87. The molecule has 14 heavy (non-hydrogen) atoms. The van der Waals surface area contributed by atoms with E-state index in [0.717, 1.165) is 12.6 Å². The topological polar surface area (TPSA) is 41.3 Å². The summed E-state index contributed by atoms with van der Waals surface area (Å²) < 4.78 is 0. The van der Waals surface area contributed by atoms with E-state index in [9.17, 15) is 0 Å².